The summed E-state index contributed by atoms with van der Waals surface area (Å²) in [4.78, 5) is 2.63. The minimum atomic E-state index is 0.461. The van der Waals surface area contributed by atoms with Crippen LogP contribution in [0.5, 0.6) is 0 Å². The summed E-state index contributed by atoms with van der Waals surface area (Å²) >= 11 is 0. The summed E-state index contributed by atoms with van der Waals surface area (Å²) in [6, 6.07) is 4.96. The Kier molecular flexibility index (Phi) is 8.52. The summed E-state index contributed by atoms with van der Waals surface area (Å²) in [5.74, 6) is 0. The van der Waals surface area contributed by atoms with E-state index in [1.165, 1.54) is 77.7 Å². The molecule has 29 heavy (non-hydrogen) atoms. The maximum atomic E-state index is 4.26. The zero-order valence-electron chi connectivity index (χ0n) is 20.0. The lowest BCUT2D eigenvalue weighted by Gasteiger charge is -2.50. The van der Waals surface area contributed by atoms with Crippen LogP contribution in [0.2, 0.25) is 0 Å². The number of benzene rings is 1. The predicted molar refractivity (Wildman–Crippen MR) is 130 cm³/mol. The van der Waals surface area contributed by atoms with E-state index in [2.05, 4.69) is 77.8 Å². The van der Waals surface area contributed by atoms with Gasteiger partial charge >= 0.3 is 0 Å². The van der Waals surface area contributed by atoms with Crippen molar-refractivity contribution in [2.75, 3.05) is 13.1 Å². The number of aryl methyl sites for hydroxylation is 2. The second kappa shape index (κ2) is 10.4. The van der Waals surface area contributed by atoms with E-state index < -0.39 is 0 Å². The monoisotopic (exact) mass is 393 g/mol. The lowest BCUT2D eigenvalue weighted by atomic mass is 9.73. The summed E-state index contributed by atoms with van der Waals surface area (Å²) in [6.07, 6.45) is 9.30. The van der Waals surface area contributed by atoms with Crippen molar-refractivity contribution < 1.29 is 0 Å². The summed E-state index contributed by atoms with van der Waals surface area (Å²) < 4.78 is 0. The number of hydrogen-bond acceptors (Lipinski definition) is 1. The van der Waals surface area contributed by atoms with Gasteiger partial charge in [-0.2, -0.15) is 0 Å². The molecule has 0 spiro atoms. The molecule has 1 saturated heterocycles. The highest BCUT2D eigenvalue weighted by atomic mass is 15.2. The molecule has 1 heteroatoms. The Bertz CT molecular complexity index is 732. The van der Waals surface area contributed by atoms with E-state index in [0.29, 0.717) is 5.41 Å². The molecule has 1 heterocycles. The van der Waals surface area contributed by atoms with Gasteiger partial charge in [0.1, 0.15) is 0 Å². The largest absolute Gasteiger partial charge is 0.298 e. The second-order valence-electron chi connectivity index (χ2n) is 9.40. The zero-order chi connectivity index (χ0) is 21.6. The van der Waals surface area contributed by atoms with Crippen molar-refractivity contribution in [3.8, 4) is 0 Å². The molecule has 1 aromatic rings. The number of hydrogen-bond donors (Lipinski definition) is 0. The van der Waals surface area contributed by atoms with Crippen LogP contribution in [0.15, 0.2) is 42.5 Å². The van der Waals surface area contributed by atoms with Gasteiger partial charge in [0.15, 0.2) is 0 Å². The topological polar surface area (TPSA) is 3.24 Å². The molecule has 0 unspecified atom stereocenters. The highest BCUT2D eigenvalue weighted by Gasteiger charge is 2.40. The Balaban J connectivity index is 2.32. The first-order chi connectivity index (χ1) is 13.8. The first-order valence-electron chi connectivity index (χ1n) is 11.6. The maximum absolute atomic E-state index is 4.26. The molecular formula is C28H43N. The average molecular weight is 394 g/mol. The normalized spacial score (nSPS) is 16.6. The van der Waals surface area contributed by atoms with Crippen LogP contribution < -0.4 is 0 Å². The van der Waals surface area contributed by atoms with E-state index in [1.807, 2.05) is 0 Å². The van der Waals surface area contributed by atoms with Gasteiger partial charge in [0, 0.05) is 19.6 Å². The highest BCUT2D eigenvalue weighted by molar-refractivity contribution is 5.81. The fourth-order valence-electron chi connectivity index (χ4n) is 5.19. The molecule has 0 aromatic heterocycles. The molecule has 0 amide bonds. The van der Waals surface area contributed by atoms with Crippen LogP contribution in [0.3, 0.4) is 0 Å². The Morgan fingerprint density at radius 1 is 1.03 bits per heavy atom. The van der Waals surface area contributed by atoms with Crippen molar-refractivity contribution in [2.45, 2.75) is 86.6 Å². The van der Waals surface area contributed by atoms with Gasteiger partial charge in [-0.25, -0.2) is 0 Å². The molecule has 0 aliphatic carbocycles. The van der Waals surface area contributed by atoms with Crippen molar-refractivity contribution in [2.24, 2.45) is 5.41 Å². The predicted octanol–water partition coefficient (Wildman–Crippen LogP) is 7.75. The minimum Gasteiger partial charge on any atom is -0.298 e. The molecule has 0 atom stereocenters. The van der Waals surface area contributed by atoms with Gasteiger partial charge in [0.2, 0.25) is 0 Å². The van der Waals surface area contributed by atoms with E-state index >= 15 is 0 Å². The van der Waals surface area contributed by atoms with Gasteiger partial charge < -0.3 is 0 Å². The van der Waals surface area contributed by atoms with Crippen LogP contribution >= 0.6 is 0 Å². The van der Waals surface area contributed by atoms with Gasteiger partial charge in [-0.15, -0.1) is 6.58 Å². The van der Waals surface area contributed by atoms with Gasteiger partial charge in [-0.1, -0.05) is 69.5 Å². The summed E-state index contributed by atoms with van der Waals surface area (Å²) in [6.45, 7) is 25.3. The van der Waals surface area contributed by atoms with Crippen molar-refractivity contribution in [1.29, 1.82) is 0 Å². The van der Waals surface area contributed by atoms with E-state index in [9.17, 15) is 0 Å². The Morgan fingerprint density at radius 2 is 1.59 bits per heavy atom. The number of rotatable bonds is 11. The smallest absolute Gasteiger partial charge is 0.0234 e. The molecule has 0 bridgehead atoms. The van der Waals surface area contributed by atoms with Crippen molar-refractivity contribution in [3.63, 3.8) is 0 Å². The zero-order valence-corrected chi connectivity index (χ0v) is 20.0. The lowest BCUT2D eigenvalue weighted by Crippen LogP contribution is -2.55. The third kappa shape index (κ3) is 5.72. The average Bonchev–Trinajstić information content (AvgIpc) is 2.62. The fourth-order valence-corrected chi connectivity index (χ4v) is 5.19. The summed E-state index contributed by atoms with van der Waals surface area (Å²) in [5.41, 5.74) is 10.2. The number of nitrogens with zero attached hydrogens (tertiary/aromatic N) is 1. The Morgan fingerprint density at radius 3 is 1.97 bits per heavy atom. The molecule has 0 N–H and O–H groups in total. The first kappa shape index (κ1) is 23.7. The SMILES string of the molecule is C=C(C)CC1(CC)CN(Cc2cc(CCC)c(/C(=C/C)C(=C)C)c(CCC)c2)C1. The van der Waals surface area contributed by atoms with Crippen LogP contribution in [0.1, 0.15) is 89.5 Å². The van der Waals surface area contributed by atoms with Crippen LogP contribution in [0, 0.1) is 5.41 Å². The van der Waals surface area contributed by atoms with Crippen LogP contribution in [0.25, 0.3) is 5.57 Å². The third-order valence-corrected chi connectivity index (χ3v) is 6.37. The fraction of sp³-hybridized carbons (Fsp3) is 0.571. The van der Waals surface area contributed by atoms with Gasteiger partial charge in [0.25, 0.3) is 0 Å². The summed E-state index contributed by atoms with van der Waals surface area (Å²) in [7, 11) is 0. The van der Waals surface area contributed by atoms with E-state index in [1.54, 1.807) is 0 Å². The van der Waals surface area contributed by atoms with Crippen LogP contribution in [-0.4, -0.2) is 18.0 Å². The maximum Gasteiger partial charge on any atom is 0.0234 e. The highest BCUT2D eigenvalue weighted by Crippen LogP contribution is 2.40. The molecule has 1 nitrogen and oxygen atoms in total. The third-order valence-electron chi connectivity index (χ3n) is 6.37. The molecule has 1 aliphatic rings. The first-order valence-corrected chi connectivity index (χ1v) is 11.6. The lowest BCUT2D eigenvalue weighted by molar-refractivity contribution is -0.00866. The van der Waals surface area contributed by atoms with E-state index in [0.717, 1.165) is 19.4 Å². The molecule has 0 saturated carbocycles. The van der Waals surface area contributed by atoms with E-state index in [4.69, 9.17) is 0 Å². The van der Waals surface area contributed by atoms with Crippen molar-refractivity contribution in [1.82, 2.24) is 4.90 Å². The molecule has 1 aliphatic heterocycles. The molecule has 1 aromatic carbocycles. The van der Waals surface area contributed by atoms with Gasteiger partial charge in [0.05, 0.1) is 0 Å². The minimum absolute atomic E-state index is 0.461. The quantitative estimate of drug-likeness (QED) is 0.274. The molecular weight excluding hydrogens is 350 g/mol. The second-order valence-corrected chi connectivity index (χ2v) is 9.40. The number of likely N-dealkylation sites (tertiary alicyclic amines) is 1. The Hall–Kier alpha value is -1.60. The Labute approximate surface area is 180 Å². The van der Waals surface area contributed by atoms with Crippen LogP contribution in [-0.2, 0) is 19.4 Å². The standard InChI is InChI=1S/C28H43N/c1-9-13-24-15-23(18-29-19-28(12-4,20-29)17-21(5)6)16-25(14-10-2)27(24)26(11-3)22(7)8/h11,15-16H,5,7,9-10,12-14,17-20H2,1-4,6,8H3/b26-11+. The number of allylic oxidation sites excluding steroid dienone is 4. The van der Waals surface area contributed by atoms with Crippen LogP contribution in [0.4, 0.5) is 0 Å². The summed E-state index contributed by atoms with van der Waals surface area (Å²) in [5, 5.41) is 0. The van der Waals surface area contributed by atoms with Gasteiger partial charge in [-0.05, 0) is 79.7 Å². The van der Waals surface area contributed by atoms with E-state index in [-0.39, 0.29) is 0 Å². The molecule has 2 rings (SSSR count). The molecule has 1 fully saturated rings. The van der Waals surface area contributed by atoms with Gasteiger partial charge in [-0.3, -0.25) is 4.90 Å². The van der Waals surface area contributed by atoms with Crippen molar-refractivity contribution in [3.05, 3.63) is 64.8 Å². The van der Waals surface area contributed by atoms with Crippen molar-refractivity contribution >= 4 is 5.57 Å². The molecule has 0 radical (unpaired) electrons. The molecule has 160 valence electrons.